The minimum absolute atomic E-state index is 0. The molecule has 0 aromatic heterocycles. The molecule has 2 heterocycles. The van der Waals surface area contributed by atoms with E-state index in [2.05, 4.69) is 49.6 Å². The third-order valence-electron chi connectivity index (χ3n) is 5.16. The van der Waals surface area contributed by atoms with E-state index in [4.69, 9.17) is 9.47 Å². The second-order valence-corrected chi connectivity index (χ2v) is 8.22. The van der Waals surface area contributed by atoms with Crippen molar-refractivity contribution in [2.24, 2.45) is 0 Å². The van der Waals surface area contributed by atoms with Crippen LogP contribution in [0.25, 0.3) is 0 Å². The van der Waals surface area contributed by atoms with Gasteiger partial charge in [0.25, 0.3) is 0 Å². The van der Waals surface area contributed by atoms with Crippen LogP contribution in [-0.2, 0) is 23.2 Å². The normalized spacial score (nSPS) is 17.9. The monoisotopic (exact) mass is 402 g/mol. The van der Waals surface area contributed by atoms with Crippen molar-refractivity contribution in [2.75, 3.05) is 18.5 Å². The van der Waals surface area contributed by atoms with Gasteiger partial charge in [0.05, 0.1) is 6.04 Å². The van der Waals surface area contributed by atoms with Crippen LogP contribution in [0.4, 0.5) is 5.69 Å². The molecule has 5 nitrogen and oxygen atoms in total. The summed E-state index contributed by atoms with van der Waals surface area (Å²) in [6.45, 7) is 8.44. The lowest BCUT2D eigenvalue weighted by atomic mass is 9.83. The predicted octanol–water partition coefficient (Wildman–Crippen LogP) is 3.83. The first-order chi connectivity index (χ1) is 12.9. The van der Waals surface area contributed by atoms with E-state index in [0.29, 0.717) is 31.9 Å². The summed E-state index contributed by atoms with van der Waals surface area (Å²) >= 11 is 0. The Bertz CT molecular complexity index is 877. The molecule has 0 saturated carbocycles. The average Bonchev–Trinajstić information content (AvgIpc) is 2.66. The van der Waals surface area contributed by atoms with Crippen LogP contribution < -0.4 is 20.1 Å². The number of fused-ring (bicyclic) bond motifs is 2. The van der Waals surface area contributed by atoms with E-state index in [-0.39, 0.29) is 29.8 Å². The summed E-state index contributed by atoms with van der Waals surface area (Å²) in [6, 6.07) is 11.9. The van der Waals surface area contributed by atoms with Crippen LogP contribution in [-0.4, -0.2) is 25.2 Å². The van der Waals surface area contributed by atoms with Gasteiger partial charge in [-0.1, -0.05) is 39.0 Å². The largest absolute Gasteiger partial charge is 0.486 e. The van der Waals surface area contributed by atoms with Crippen molar-refractivity contribution in [3.8, 4) is 11.5 Å². The smallest absolute Gasteiger partial charge is 0.241 e. The van der Waals surface area contributed by atoms with Gasteiger partial charge in [-0.3, -0.25) is 4.79 Å². The van der Waals surface area contributed by atoms with Gasteiger partial charge in [-0.2, -0.15) is 0 Å². The SMILES string of the molecule is CC(C)(C)c1ccc2c(c1)CN[C@H](C(=O)Nc1ccc3c(c1)OCCO3)C2.Cl. The number of carbonyl (C=O) groups excluding carboxylic acids is 1. The van der Waals surface area contributed by atoms with Gasteiger partial charge in [-0.15, -0.1) is 12.4 Å². The molecule has 2 aliphatic heterocycles. The number of halogens is 1. The standard InChI is InChI=1S/C22H26N2O3.ClH/c1-22(2,3)16-5-4-14-11-18(23-13-15(14)10-16)21(25)24-17-6-7-19-20(12-17)27-9-8-26-19;/h4-7,10,12,18,23H,8-9,11,13H2,1-3H3,(H,24,25);1H/t18-;/m0./s1. The zero-order valence-corrected chi connectivity index (χ0v) is 17.3. The van der Waals surface area contributed by atoms with Crippen LogP contribution in [0.15, 0.2) is 36.4 Å². The van der Waals surface area contributed by atoms with Crippen LogP contribution in [0.1, 0.15) is 37.5 Å². The topological polar surface area (TPSA) is 59.6 Å². The highest BCUT2D eigenvalue weighted by Gasteiger charge is 2.26. The van der Waals surface area contributed by atoms with Gasteiger partial charge in [0.15, 0.2) is 11.5 Å². The Labute approximate surface area is 172 Å². The maximum absolute atomic E-state index is 12.7. The minimum atomic E-state index is -0.244. The molecule has 0 spiro atoms. The summed E-state index contributed by atoms with van der Waals surface area (Å²) in [5.74, 6) is 1.37. The molecule has 0 unspecified atom stereocenters. The second-order valence-electron chi connectivity index (χ2n) is 8.22. The number of hydrogen-bond donors (Lipinski definition) is 2. The number of rotatable bonds is 2. The average molecular weight is 403 g/mol. The highest BCUT2D eigenvalue weighted by atomic mass is 35.5. The molecule has 1 amide bonds. The van der Waals surface area contributed by atoms with Crippen molar-refractivity contribution in [3.63, 3.8) is 0 Å². The van der Waals surface area contributed by atoms with Crippen LogP contribution in [0.2, 0.25) is 0 Å². The first-order valence-electron chi connectivity index (χ1n) is 9.46. The molecule has 2 aliphatic rings. The van der Waals surface area contributed by atoms with Crippen molar-refractivity contribution >= 4 is 24.0 Å². The summed E-state index contributed by atoms with van der Waals surface area (Å²) in [4.78, 5) is 12.7. The molecule has 0 aliphatic carbocycles. The molecule has 1 atom stereocenters. The second kappa shape index (κ2) is 8.02. The Morgan fingerprint density at radius 1 is 1.04 bits per heavy atom. The zero-order valence-electron chi connectivity index (χ0n) is 16.5. The molecule has 0 fully saturated rings. The zero-order chi connectivity index (χ0) is 19.0. The quantitative estimate of drug-likeness (QED) is 0.801. The summed E-state index contributed by atoms with van der Waals surface area (Å²) < 4.78 is 11.1. The number of amides is 1. The summed E-state index contributed by atoms with van der Waals surface area (Å²) in [7, 11) is 0. The molecule has 2 aromatic carbocycles. The fourth-order valence-electron chi connectivity index (χ4n) is 3.52. The maximum atomic E-state index is 12.7. The van der Waals surface area contributed by atoms with E-state index < -0.39 is 0 Å². The summed E-state index contributed by atoms with van der Waals surface area (Å²) in [5.41, 5.74) is 4.69. The number of carbonyl (C=O) groups is 1. The first-order valence-corrected chi connectivity index (χ1v) is 9.46. The summed E-state index contributed by atoms with van der Waals surface area (Å²) in [6.07, 6.45) is 0.691. The molecular formula is C22H27ClN2O3. The number of benzene rings is 2. The van der Waals surface area contributed by atoms with E-state index in [1.54, 1.807) is 0 Å². The van der Waals surface area contributed by atoms with E-state index in [0.717, 1.165) is 11.4 Å². The highest BCUT2D eigenvalue weighted by molar-refractivity contribution is 5.95. The molecule has 0 saturated heterocycles. The van der Waals surface area contributed by atoms with Gasteiger partial charge >= 0.3 is 0 Å². The van der Waals surface area contributed by atoms with E-state index in [1.165, 1.54) is 16.7 Å². The molecule has 150 valence electrons. The van der Waals surface area contributed by atoms with E-state index in [9.17, 15) is 4.79 Å². The van der Waals surface area contributed by atoms with E-state index in [1.807, 2.05) is 18.2 Å². The van der Waals surface area contributed by atoms with Crippen molar-refractivity contribution in [1.29, 1.82) is 0 Å². The van der Waals surface area contributed by atoms with Crippen LogP contribution in [0, 0.1) is 0 Å². The highest BCUT2D eigenvalue weighted by Crippen LogP contribution is 2.33. The van der Waals surface area contributed by atoms with Gasteiger partial charge < -0.3 is 20.1 Å². The Balaban J connectivity index is 0.00000225. The molecule has 2 N–H and O–H groups in total. The molecule has 4 rings (SSSR count). The molecule has 0 radical (unpaired) electrons. The van der Waals surface area contributed by atoms with Crippen molar-refractivity contribution in [3.05, 3.63) is 53.1 Å². The molecule has 6 heteroatoms. The fourth-order valence-corrected chi connectivity index (χ4v) is 3.52. The molecule has 2 aromatic rings. The fraction of sp³-hybridized carbons (Fsp3) is 0.409. The van der Waals surface area contributed by atoms with Crippen LogP contribution >= 0.6 is 12.4 Å². The Morgan fingerprint density at radius 3 is 2.54 bits per heavy atom. The van der Waals surface area contributed by atoms with Gasteiger partial charge in [-0.05, 0) is 40.7 Å². The number of ether oxygens (including phenoxy) is 2. The lowest BCUT2D eigenvalue weighted by molar-refractivity contribution is -0.118. The number of anilines is 1. The van der Waals surface area contributed by atoms with Gasteiger partial charge in [-0.25, -0.2) is 0 Å². The minimum Gasteiger partial charge on any atom is -0.486 e. The van der Waals surface area contributed by atoms with Crippen molar-refractivity contribution in [2.45, 2.75) is 45.2 Å². The van der Waals surface area contributed by atoms with E-state index >= 15 is 0 Å². The Kier molecular flexibility index (Phi) is 5.87. The third kappa shape index (κ3) is 4.26. The lowest BCUT2D eigenvalue weighted by Gasteiger charge is -2.28. The van der Waals surface area contributed by atoms with Crippen molar-refractivity contribution < 1.29 is 14.3 Å². The summed E-state index contributed by atoms with van der Waals surface area (Å²) in [5, 5.41) is 6.36. The first kappa shape index (κ1) is 20.5. The molecular weight excluding hydrogens is 376 g/mol. The lowest BCUT2D eigenvalue weighted by Crippen LogP contribution is -2.44. The molecule has 0 bridgehead atoms. The van der Waals surface area contributed by atoms with Gasteiger partial charge in [0.1, 0.15) is 13.2 Å². The Hall–Kier alpha value is -2.24. The van der Waals surface area contributed by atoms with Gasteiger partial charge in [0.2, 0.25) is 5.91 Å². The maximum Gasteiger partial charge on any atom is 0.241 e. The number of hydrogen-bond acceptors (Lipinski definition) is 4. The van der Waals surface area contributed by atoms with Crippen molar-refractivity contribution in [1.82, 2.24) is 5.32 Å². The predicted molar refractivity (Wildman–Crippen MR) is 113 cm³/mol. The third-order valence-corrected chi connectivity index (χ3v) is 5.16. The van der Waals surface area contributed by atoms with Crippen LogP contribution in [0.5, 0.6) is 11.5 Å². The Morgan fingerprint density at radius 2 is 1.79 bits per heavy atom. The number of nitrogens with one attached hydrogen (secondary N) is 2. The van der Waals surface area contributed by atoms with Crippen LogP contribution in [0.3, 0.4) is 0 Å². The molecule has 28 heavy (non-hydrogen) atoms. The van der Waals surface area contributed by atoms with Gasteiger partial charge in [0, 0.05) is 18.3 Å².